The molecule has 2 aromatic carbocycles. The predicted molar refractivity (Wildman–Crippen MR) is 87.5 cm³/mol. The third-order valence-corrected chi connectivity index (χ3v) is 3.80. The molecule has 1 heterocycles. The lowest BCUT2D eigenvalue weighted by Crippen LogP contribution is -2.28. The Morgan fingerprint density at radius 3 is 2.50 bits per heavy atom. The van der Waals surface area contributed by atoms with Crippen LogP contribution in [0, 0.1) is 20.2 Å². The maximum Gasteiger partial charge on any atom is 0.299 e. The number of rotatable bonds is 4. The number of ether oxygens (including phenoxy) is 1. The minimum absolute atomic E-state index is 0.225. The van der Waals surface area contributed by atoms with Gasteiger partial charge in [-0.1, -0.05) is 24.3 Å². The van der Waals surface area contributed by atoms with Crippen LogP contribution in [-0.2, 0) is 4.74 Å². The summed E-state index contributed by atoms with van der Waals surface area (Å²) in [5.74, 6) is 0. The fraction of sp³-hybridized carbons (Fsp3) is 0.125. The van der Waals surface area contributed by atoms with E-state index < -0.39 is 16.1 Å². The molecule has 0 spiro atoms. The van der Waals surface area contributed by atoms with Crippen LogP contribution in [0.1, 0.15) is 17.4 Å². The van der Waals surface area contributed by atoms with Gasteiger partial charge in [-0.05, 0) is 17.7 Å². The van der Waals surface area contributed by atoms with Crippen LogP contribution in [0.3, 0.4) is 0 Å². The van der Waals surface area contributed by atoms with Crippen molar-refractivity contribution in [2.75, 3.05) is 12.0 Å². The highest BCUT2D eigenvalue weighted by Gasteiger charge is 2.30. The van der Waals surface area contributed by atoms with Crippen molar-refractivity contribution in [3.8, 4) is 0 Å². The summed E-state index contributed by atoms with van der Waals surface area (Å²) < 4.78 is 5.52. The molecule has 0 unspecified atom stereocenters. The predicted octanol–water partition coefficient (Wildman–Crippen LogP) is 3.64. The molecule has 0 radical (unpaired) electrons. The van der Waals surface area contributed by atoms with E-state index in [9.17, 15) is 20.2 Å². The third kappa shape index (κ3) is 2.59. The summed E-state index contributed by atoms with van der Waals surface area (Å²) in [4.78, 5) is 22.5. The normalized spacial score (nSPS) is 15.9. The van der Waals surface area contributed by atoms with Crippen LogP contribution in [0.25, 0.3) is 6.08 Å². The summed E-state index contributed by atoms with van der Waals surface area (Å²) in [5, 5.41) is 22.2. The summed E-state index contributed by atoms with van der Waals surface area (Å²) >= 11 is 0. The van der Waals surface area contributed by atoms with Gasteiger partial charge >= 0.3 is 0 Å². The zero-order valence-electron chi connectivity index (χ0n) is 12.7. The van der Waals surface area contributed by atoms with Crippen molar-refractivity contribution in [2.24, 2.45) is 0 Å². The highest BCUT2D eigenvalue weighted by Crippen LogP contribution is 2.40. The maximum absolute atomic E-state index is 11.4. The van der Waals surface area contributed by atoms with Crippen molar-refractivity contribution in [3.05, 3.63) is 80.0 Å². The van der Waals surface area contributed by atoms with Crippen LogP contribution in [0.2, 0.25) is 0 Å². The molecule has 8 nitrogen and oxygen atoms in total. The van der Waals surface area contributed by atoms with Gasteiger partial charge in [-0.2, -0.15) is 0 Å². The molecule has 0 N–H and O–H groups in total. The largest absolute Gasteiger partial charge is 0.357 e. The molecule has 1 aliphatic heterocycles. The second kappa shape index (κ2) is 6.09. The van der Waals surface area contributed by atoms with Crippen molar-refractivity contribution in [2.45, 2.75) is 6.23 Å². The summed E-state index contributed by atoms with van der Waals surface area (Å²) in [6.07, 6.45) is 2.92. The Kier molecular flexibility index (Phi) is 3.97. The van der Waals surface area contributed by atoms with Crippen LogP contribution >= 0.6 is 0 Å². The fourth-order valence-corrected chi connectivity index (χ4v) is 2.71. The van der Waals surface area contributed by atoms with Gasteiger partial charge in [0.05, 0.1) is 15.9 Å². The molecule has 0 aromatic heterocycles. The Morgan fingerprint density at radius 1 is 1.08 bits per heavy atom. The van der Waals surface area contributed by atoms with Crippen molar-refractivity contribution in [3.63, 3.8) is 0 Å². The SMILES string of the molecule is CO[C@H]1c2ccccc2C=CN1c1ccc([N+](=O)[O-])cc1[N+](=O)[O-]. The van der Waals surface area contributed by atoms with E-state index in [0.29, 0.717) is 0 Å². The maximum atomic E-state index is 11.4. The van der Waals surface area contributed by atoms with Crippen LogP contribution in [0.4, 0.5) is 17.1 Å². The topological polar surface area (TPSA) is 98.8 Å². The smallest absolute Gasteiger partial charge is 0.299 e. The second-order valence-corrected chi connectivity index (χ2v) is 5.13. The molecular weight excluding hydrogens is 314 g/mol. The van der Waals surface area contributed by atoms with E-state index in [1.165, 1.54) is 19.2 Å². The first-order chi connectivity index (χ1) is 11.5. The molecule has 1 aliphatic rings. The number of hydrogen-bond acceptors (Lipinski definition) is 6. The number of fused-ring (bicyclic) bond motifs is 1. The zero-order chi connectivity index (χ0) is 17.3. The quantitative estimate of drug-likeness (QED) is 0.628. The zero-order valence-corrected chi connectivity index (χ0v) is 12.7. The fourth-order valence-electron chi connectivity index (χ4n) is 2.71. The van der Waals surface area contributed by atoms with Gasteiger partial charge < -0.3 is 9.64 Å². The third-order valence-electron chi connectivity index (χ3n) is 3.80. The van der Waals surface area contributed by atoms with Gasteiger partial charge in [0.15, 0.2) is 6.23 Å². The molecule has 0 saturated heterocycles. The molecule has 0 saturated carbocycles. The molecule has 2 aromatic rings. The first-order valence-corrected chi connectivity index (χ1v) is 7.04. The number of methoxy groups -OCH3 is 1. The molecular formula is C16H13N3O5. The number of non-ortho nitro benzene ring substituents is 1. The van der Waals surface area contributed by atoms with Crippen molar-refractivity contribution >= 4 is 23.1 Å². The lowest BCUT2D eigenvalue weighted by atomic mass is 10.0. The van der Waals surface area contributed by atoms with E-state index in [1.54, 1.807) is 11.1 Å². The van der Waals surface area contributed by atoms with Gasteiger partial charge in [-0.3, -0.25) is 20.2 Å². The molecule has 0 aliphatic carbocycles. The Balaban J connectivity index is 2.12. The Morgan fingerprint density at radius 2 is 1.83 bits per heavy atom. The van der Waals surface area contributed by atoms with Gasteiger partial charge in [0.2, 0.25) is 0 Å². The van der Waals surface area contributed by atoms with E-state index >= 15 is 0 Å². The average Bonchev–Trinajstić information content (AvgIpc) is 2.60. The Labute approximate surface area is 136 Å². The minimum Gasteiger partial charge on any atom is -0.357 e. The molecule has 3 rings (SSSR count). The number of benzene rings is 2. The molecule has 0 bridgehead atoms. The van der Waals surface area contributed by atoms with Crippen molar-refractivity contribution in [1.82, 2.24) is 0 Å². The molecule has 0 amide bonds. The van der Waals surface area contributed by atoms with E-state index in [-0.39, 0.29) is 17.1 Å². The number of anilines is 1. The van der Waals surface area contributed by atoms with Crippen LogP contribution in [0.5, 0.6) is 0 Å². The molecule has 122 valence electrons. The van der Waals surface area contributed by atoms with Gasteiger partial charge in [0, 0.05) is 24.9 Å². The van der Waals surface area contributed by atoms with Crippen LogP contribution < -0.4 is 4.90 Å². The molecule has 8 heteroatoms. The number of nitro benzene ring substituents is 2. The van der Waals surface area contributed by atoms with Crippen molar-refractivity contribution in [1.29, 1.82) is 0 Å². The van der Waals surface area contributed by atoms with Gasteiger partial charge in [0.25, 0.3) is 11.4 Å². The molecule has 1 atom stereocenters. The van der Waals surface area contributed by atoms with Gasteiger partial charge in [-0.25, -0.2) is 0 Å². The lowest BCUT2D eigenvalue weighted by Gasteiger charge is -2.33. The highest BCUT2D eigenvalue weighted by atomic mass is 16.6. The highest BCUT2D eigenvalue weighted by molar-refractivity contribution is 5.73. The first-order valence-electron chi connectivity index (χ1n) is 7.04. The number of nitrogens with zero attached hydrogens (tertiary/aromatic N) is 3. The first kappa shape index (κ1) is 15.6. The summed E-state index contributed by atoms with van der Waals surface area (Å²) in [7, 11) is 1.50. The molecule has 24 heavy (non-hydrogen) atoms. The van der Waals surface area contributed by atoms with E-state index in [1.807, 2.05) is 30.3 Å². The average molecular weight is 327 g/mol. The summed E-state index contributed by atoms with van der Waals surface area (Å²) in [6, 6.07) is 11.1. The van der Waals surface area contributed by atoms with E-state index in [2.05, 4.69) is 0 Å². The Bertz CT molecular complexity index is 849. The second-order valence-electron chi connectivity index (χ2n) is 5.13. The Hall–Kier alpha value is -3.26. The summed E-state index contributed by atoms with van der Waals surface area (Å²) in [5.41, 5.74) is 1.35. The number of nitro groups is 2. The van der Waals surface area contributed by atoms with Crippen LogP contribution in [-0.4, -0.2) is 17.0 Å². The minimum atomic E-state index is -0.661. The monoisotopic (exact) mass is 327 g/mol. The summed E-state index contributed by atoms with van der Waals surface area (Å²) in [6.45, 7) is 0. The van der Waals surface area contributed by atoms with E-state index in [4.69, 9.17) is 4.74 Å². The lowest BCUT2D eigenvalue weighted by molar-refractivity contribution is -0.393. The number of hydrogen-bond donors (Lipinski definition) is 0. The van der Waals surface area contributed by atoms with Crippen LogP contribution in [0.15, 0.2) is 48.7 Å². The van der Waals surface area contributed by atoms with Gasteiger partial charge in [-0.15, -0.1) is 0 Å². The van der Waals surface area contributed by atoms with E-state index in [0.717, 1.165) is 17.2 Å². The van der Waals surface area contributed by atoms with Crippen molar-refractivity contribution < 1.29 is 14.6 Å². The van der Waals surface area contributed by atoms with Gasteiger partial charge in [0.1, 0.15) is 5.69 Å². The standard InChI is InChI=1S/C16H13N3O5/c1-24-16-13-5-3-2-4-11(13)8-9-17(16)14-7-6-12(18(20)21)10-15(14)19(22)23/h2-10,16H,1H3/t16-/m0/s1. The molecule has 0 fully saturated rings.